The molecule has 0 radical (unpaired) electrons. The molecule has 0 spiro atoms. The lowest BCUT2D eigenvalue weighted by Gasteiger charge is -2.35. The zero-order chi connectivity index (χ0) is 14.4. The molecule has 3 saturated carbocycles. The minimum Gasteiger partial charge on any atom is -0.378 e. The summed E-state index contributed by atoms with van der Waals surface area (Å²) in [5.41, 5.74) is 0. The normalized spacial score (nSPS) is 43.1. The highest BCUT2D eigenvalue weighted by Crippen LogP contribution is 2.58. The number of carbonyl (C=O) groups excluding carboxylic acids is 1. The van der Waals surface area contributed by atoms with E-state index >= 15 is 0 Å². The molecule has 4 heteroatoms. The molecule has 3 aliphatic carbocycles. The zero-order valence-electron chi connectivity index (χ0n) is 13.1. The van der Waals surface area contributed by atoms with Gasteiger partial charge in [-0.1, -0.05) is 6.42 Å². The highest BCUT2D eigenvalue weighted by atomic mass is 16.5. The summed E-state index contributed by atoms with van der Waals surface area (Å²) in [6, 6.07) is 0.557. The van der Waals surface area contributed by atoms with Gasteiger partial charge in [0, 0.05) is 19.1 Å². The number of rotatable bonds is 3. The quantitative estimate of drug-likeness (QED) is 0.860. The fourth-order valence-corrected chi connectivity index (χ4v) is 5.71. The van der Waals surface area contributed by atoms with Crippen LogP contribution in [0.2, 0.25) is 0 Å². The Morgan fingerprint density at radius 3 is 2.71 bits per heavy atom. The average Bonchev–Trinajstić information content (AvgIpc) is 3.19. The van der Waals surface area contributed by atoms with Crippen molar-refractivity contribution >= 4 is 5.91 Å². The first-order valence-electron chi connectivity index (χ1n) is 8.86. The molecule has 0 unspecified atom stereocenters. The first kappa shape index (κ1) is 14.0. The van der Waals surface area contributed by atoms with Crippen LogP contribution in [0.5, 0.6) is 0 Å². The van der Waals surface area contributed by atoms with E-state index in [4.69, 9.17) is 4.74 Å². The van der Waals surface area contributed by atoms with Gasteiger partial charge in [0.15, 0.2) is 0 Å². The predicted octanol–water partition coefficient (Wildman–Crippen LogP) is 1.65. The van der Waals surface area contributed by atoms with Crippen molar-refractivity contribution in [1.82, 2.24) is 10.2 Å². The van der Waals surface area contributed by atoms with Crippen LogP contribution in [0.3, 0.4) is 0 Å². The van der Waals surface area contributed by atoms with Crippen LogP contribution in [0.25, 0.3) is 0 Å². The first-order chi connectivity index (χ1) is 10.2. The van der Waals surface area contributed by atoms with Crippen molar-refractivity contribution in [3.63, 3.8) is 0 Å². The molecular formula is C17H28N2O2. The lowest BCUT2D eigenvalue weighted by molar-refractivity contribution is -0.137. The van der Waals surface area contributed by atoms with Gasteiger partial charge >= 0.3 is 0 Å². The van der Waals surface area contributed by atoms with Gasteiger partial charge in [0.05, 0.1) is 19.3 Å². The van der Waals surface area contributed by atoms with Crippen LogP contribution in [0, 0.1) is 23.7 Å². The average molecular weight is 292 g/mol. The molecule has 0 aromatic rings. The maximum atomic E-state index is 12.5. The summed E-state index contributed by atoms with van der Waals surface area (Å²) in [6.45, 7) is 4.95. The molecule has 1 amide bonds. The summed E-state index contributed by atoms with van der Waals surface area (Å²) in [7, 11) is 0. The molecule has 4 nitrogen and oxygen atoms in total. The van der Waals surface area contributed by atoms with Crippen LogP contribution in [0.1, 0.15) is 39.0 Å². The van der Waals surface area contributed by atoms with Crippen LogP contribution in [-0.4, -0.2) is 49.2 Å². The molecule has 1 heterocycles. The van der Waals surface area contributed by atoms with E-state index < -0.39 is 0 Å². The van der Waals surface area contributed by atoms with Crippen molar-refractivity contribution in [2.45, 2.75) is 51.1 Å². The lowest BCUT2D eigenvalue weighted by Crippen LogP contribution is -2.53. The minimum atomic E-state index is -0.0349. The third-order valence-electron chi connectivity index (χ3n) is 6.59. The van der Waals surface area contributed by atoms with Crippen LogP contribution in [0.4, 0.5) is 0 Å². The molecule has 1 N–H and O–H groups in total. The summed E-state index contributed by atoms with van der Waals surface area (Å²) in [6.07, 6.45) is 7.09. The molecule has 21 heavy (non-hydrogen) atoms. The van der Waals surface area contributed by atoms with Crippen molar-refractivity contribution in [2.75, 3.05) is 26.3 Å². The molecular weight excluding hydrogens is 264 g/mol. The Labute approximate surface area is 127 Å². The van der Waals surface area contributed by atoms with E-state index in [-0.39, 0.29) is 11.9 Å². The molecule has 6 atom stereocenters. The number of amides is 1. The summed E-state index contributed by atoms with van der Waals surface area (Å²) in [4.78, 5) is 14.5. The molecule has 1 aliphatic heterocycles. The molecule has 4 fully saturated rings. The Morgan fingerprint density at radius 1 is 1.14 bits per heavy atom. The van der Waals surface area contributed by atoms with Gasteiger partial charge < -0.3 is 15.0 Å². The second-order valence-electron chi connectivity index (χ2n) is 7.59. The maximum Gasteiger partial charge on any atom is 0.239 e. The van der Waals surface area contributed by atoms with Crippen LogP contribution >= 0.6 is 0 Å². The van der Waals surface area contributed by atoms with E-state index in [2.05, 4.69) is 12.2 Å². The smallest absolute Gasteiger partial charge is 0.239 e. The number of carbonyl (C=O) groups is 1. The highest BCUT2D eigenvalue weighted by molar-refractivity contribution is 5.81. The Bertz CT molecular complexity index is 408. The monoisotopic (exact) mass is 292 g/mol. The molecule has 0 aromatic heterocycles. The first-order valence-corrected chi connectivity index (χ1v) is 8.86. The third-order valence-corrected chi connectivity index (χ3v) is 6.59. The van der Waals surface area contributed by atoms with Crippen molar-refractivity contribution in [1.29, 1.82) is 0 Å². The Morgan fingerprint density at radius 2 is 1.90 bits per heavy atom. The van der Waals surface area contributed by atoms with Crippen molar-refractivity contribution in [3.8, 4) is 0 Å². The number of hydrogen-bond donors (Lipinski definition) is 1. The SMILES string of the molecule is C[C@@H](N[C@H]1C[C@@H]2C[C@@H]1[C@H]1CCC[C@H]21)C(=O)N1CCOCC1. The van der Waals surface area contributed by atoms with Gasteiger partial charge in [-0.05, 0) is 56.3 Å². The van der Waals surface area contributed by atoms with Gasteiger partial charge in [0.1, 0.15) is 0 Å². The summed E-state index contributed by atoms with van der Waals surface area (Å²) in [5.74, 6) is 4.06. The number of hydrogen-bond acceptors (Lipinski definition) is 3. The topological polar surface area (TPSA) is 41.6 Å². The molecule has 118 valence electrons. The standard InChI is InChI=1S/C17H28N2O2/c1-11(17(20)19-5-7-21-8-6-19)18-16-10-12-9-15(16)14-4-2-3-13(12)14/h11-16,18H,2-10H2,1H3/t11-,12+,13-,14+,15-,16+/m1/s1. The second-order valence-corrected chi connectivity index (χ2v) is 7.59. The van der Waals surface area contributed by atoms with E-state index in [1.165, 1.54) is 32.1 Å². The van der Waals surface area contributed by atoms with Gasteiger partial charge in [-0.25, -0.2) is 0 Å². The molecule has 4 aliphatic rings. The number of nitrogens with one attached hydrogen (secondary N) is 1. The van der Waals surface area contributed by atoms with E-state index in [0.717, 1.165) is 36.8 Å². The van der Waals surface area contributed by atoms with E-state index in [1.54, 1.807) is 0 Å². The van der Waals surface area contributed by atoms with Crippen LogP contribution in [0.15, 0.2) is 0 Å². The molecule has 4 rings (SSSR count). The number of morpholine rings is 1. The van der Waals surface area contributed by atoms with Crippen molar-refractivity contribution in [2.24, 2.45) is 23.7 Å². The largest absolute Gasteiger partial charge is 0.378 e. The maximum absolute atomic E-state index is 12.5. The highest BCUT2D eigenvalue weighted by Gasteiger charge is 2.53. The van der Waals surface area contributed by atoms with E-state index in [9.17, 15) is 4.79 Å². The number of nitrogens with zero attached hydrogens (tertiary/aromatic N) is 1. The van der Waals surface area contributed by atoms with Crippen molar-refractivity contribution in [3.05, 3.63) is 0 Å². The van der Waals surface area contributed by atoms with Crippen LogP contribution < -0.4 is 5.32 Å². The van der Waals surface area contributed by atoms with Crippen molar-refractivity contribution < 1.29 is 9.53 Å². The summed E-state index contributed by atoms with van der Waals surface area (Å²) >= 11 is 0. The van der Waals surface area contributed by atoms with Gasteiger partial charge in [-0.2, -0.15) is 0 Å². The van der Waals surface area contributed by atoms with E-state index in [1.807, 2.05) is 4.90 Å². The lowest BCUT2D eigenvalue weighted by atomic mass is 9.79. The van der Waals surface area contributed by atoms with Gasteiger partial charge in [0.2, 0.25) is 5.91 Å². The van der Waals surface area contributed by atoms with Crippen LogP contribution in [-0.2, 0) is 9.53 Å². The zero-order valence-corrected chi connectivity index (χ0v) is 13.1. The Balaban J connectivity index is 1.35. The Hall–Kier alpha value is -0.610. The number of fused-ring (bicyclic) bond motifs is 5. The predicted molar refractivity (Wildman–Crippen MR) is 80.8 cm³/mol. The second kappa shape index (κ2) is 5.54. The Kier molecular flexibility index (Phi) is 3.70. The summed E-state index contributed by atoms with van der Waals surface area (Å²) in [5, 5.41) is 3.69. The van der Waals surface area contributed by atoms with Gasteiger partial charge in [0.25, 0.3) is 0 Å². The fourth-order valence-electron chi connectivity index (χ4n) is 5.71. The summed E-state index contributed by atoms with van der Waals surface area (Å²) < 4.78 is 5.34. The molecule has 0 aromatic carbocycles. The third kappa shape index (κ3) is 2.40. The fraction of sp³-hybridized carbons (Fsp3) is 0.941. The van der Waals surface area contributed by atoms with Gasteiger partial charge in [-0.3, -0.25) is 4.79 Å². The van der Waals surface area contributed by atoms with Gasteiger partial charge in [-0.15, -0.1) is 0 Å². The minimum absolute atomic E-state index is 0.0349. The van der Waals surface area contributed by atoms with E-state index in [0.29, 0.717) is 19.3 Å². The molecule has 1 saturated heterocycles. The number of ether oxygens (including phenoxy) is 1. The molecule has 2 bridgehead atoms.